The van der Waals surface area contributed by atoms with Crippen LogP contribution in [-0.2, 0) is 0 Å². The molecular weight excluding hydrogens is 154 g/mol. The molecule has 0 aromatic rings. The number of rotatable bonds is 3. The standard InChI is InChI=1S/C9H15NS/c1-5-6-10-8(2)7-9(3)11-4/h5-7H,1-4H3/b6-5-,9-7-,10-8-. The zero-order valence-electron chi connectivity index (χ0n) is 7.59. The highest BCUT2D eigenvalue weighted by Crippen LogP contribution is 2.09. The molecule has 0 atom stereocenters. The Hall–Kier alpha value is -0.500. The minimum atomic E-state index is 1.05. The van der Waals surface area contributed by atoms with E-state index in [4.69, 9.17) is 0 Å². The Morgan fingerprint density at radius 1 is 1.36 bits per heavy atom. The summed E-state index contributed by atoms with van der Waals surface area (Å²) in [5, 5.41) is 0. The quantitative estimate of drug-likeness (QED) is 0.591. The monoisotopic (exact) mass is 169 g/mol. The van der Waals surface area contributed by atoms with Gasteiger partial charge in [-0.05, 0) is 38.0 Å². The first-order valence-corrected chi connectivity index (χ1v) is 4.81. The lowest BCUT2D eigenvalue weighted by Crippen LogP contribution is -1.83. The molecule has 0 amide bonds. The van der Waals surface area contributed by atoms with Crippen LogP contribution in [0.25, 0.3) is 0 Å². The Bertz CT molecular complexity index is 190. The van der Waals surface area contributed by atoms with Gasteiger partial charge in [-0.2, -0.15) is 0 Å². The van der Waals surface area contributed by atoms with E-state index >= 15 is 0 Å². The van der Waals surface area contributed by atoms with Crippen LogP contribution in [0, 0.1) is 0 Å². The maximum Gasteiger partial charge on any atom is 0.0380 e. The average molecular weight is 169 g/mol. The molecule has 0 rings (SSSR count). The van der Waals surface area contributed by atoms with Gasteiger partial charge in [0.2, 0.25) is 0 Å². The van der Waals surface area contributed by atoms with Gasteiger partial charge in [0, 0.05) is 11.9 Å². The van der Waals surface area contributed by atoms with Crippen molar-refractivity contribution in [2.24, 2.45) is 4.99 Å². The highest BCUT2D eigenvalue weighted by atomic mass is 32.2. The van der Waals surface area contributed by atoms with Gasteiger partial charge in [-0.15, -0.1) is 11.8 Å². The first-order valence-electron chi connectivity index (χ1n) is 3.58. The van der Waals surface area contributed by atoms with Crippen molar-refractivity contribution in [3.63, 3.8) is 0 Å². The molecule has 1 nitrogen and oxygen atoms in total. The fourth-order valence-electron chi connectivity index (χ4n) is 0.582. The van der Waals surface area contributed by atoms with Gasteiger partial charge in [0.25, 0.3) is 0 Å². The second-order valence-corrected chi connectivity index (χ2v) is 3.26. The van der Waals surface area contributed by atoms with Crippen LogP contribution >= 0.6 is 11.8 Å². The topological polar surface area (TPSA) is 12.4 Å². The van der Waals surface area contributed by atoms with Gasteiger partial charge < -0.3 is 0 Å². The van der Waals surface area contributed by atoms with Crippen molar-refractivity contribution in [3.05, 3.63) is 23.3 Å². The highest BCUT2D eigenvalue weighted by molar-refractivity contribution is 8.02. The third-order valence-corrected chi connectivity index (χ3v) is 1.92. The molecule has 0 aromatic heterocycles. The fraction of sp³-hybridized carbons (Fsp3) is 0.444. The van der Waals surface area contributed by atoms with Crippen LogP contribution in [0.1, 0.15) is 20.8 Å². The molecule has 0 unspecified atom stereocenters. The first-order chi connectivity index (χ1) is 5.20. The predicted molar refractivity (Wildman–Crippen MR) is 55.2 cm³/mol. The van der Waals surface area contributed by atoms with Crippen molar-refractivity contribution in [3.8, 4) is 0 Å². The van der Waals surface area contributed by atoms with Crippen molar-refractivity contribution in [1.82, 2.24) is 0 Å². The molecule has 62 valence electrons. The number of allylic oxidation sites excluding steroid dienone is 3. The van der Waals surface area contributed by atoms with Crippen LogP contribution in [0.2, 0.25) is 0 Å². The lowest BCUT2D eigenvalue weighted by Gasteiger charge is -1.92. The number of thioether (sulfide) groups is 1. The van der Waals surface area contributed by atoms with E-state index in [1.807, 2.05) is 19.9 Å². The summed E-state index contributed by atoms with van der Waals surface area (Å²) in [6, 6.07) is 0. The molecule has 0 saturated carbocycles. The van der Waals surface area contributed by atoms with Crippen molar-refractivity contribution in [1.29, 1.82) is 0 Å². The number of hydrogen-bond acceptors (Lipinski definition) is 2. The van der Waals surface area contributed by atoms with E-state index in [1.54, 1.807) is 18.0 Å². The minimum absolute atomic E-state index is 1.05. The van der Waals surface area contributed by atoms with Crippen molar-refractivity contribution >= 4 is 17.5 Å². The van der Waals surface area contributed by atoms with Gasteiger partial charge >= 0.3 is 0 Å². The summed E-state index contributed by atoms with van der Waals surface area (Å²) in [6.07, 6.45) is 7.87. The summed E-state index contributed by atoms with van der Waals surface area (Å²) in [6.45, 7) is 6.04. The smallest absolute Gasteiger partial charge is 0.0380 e. The summed E-state index contributed by atoms with van der Waals surface area (Å²) in [5.74, 6) is 0. The van der Waals surface area contributed by atoms with E-state index in [0.717, 1.165) is 5.71 Å². The predicted octanol–water partition coefficient (Wildman–Crippen LogP) is 3.25. The molecule has 0 fully saturated rings. The van der Waals surface area contributed by atoms with Gasteiger partial charge in [0.1, 0.15) is 0 Å². The zero-order valence-corrected chi connectivity index (χ0v) is 8.40. The molecule has 0 N–H and O–H groups in total. The first kappa shape index (κ1) is 10.5. The van der Waals surface area contributed by atoms with E-state index in [9.17, 15) is 0 Å². The molecule has 0 aliphatic carbocycles. The summed E-state index contributed by atoms with van der Waals surface area (Å²) in [4.78, 5) is 5.46. The van der Waals surface area contributed by atoms with Gasteiger partial charge in [0.15, 0.2) is 0 Å². The maximum atomic E-state index is 4.18. The Morgan fingerprint density at radius 3 is 2.45 bits per heavy atom. The molecule has 0 saturated heterocycles. The van der Waals surface area contributed by atoms with Gasteiger partial charge in [-0.3, -0.25) is 4.99 Å². The summed E-state index contributed by atoms with van der Waals surface area (Å²) in [7, 11) is 0. The lowest BCUT2D eigenvalue weighted by molar-refractivity contribution is 1.50. The Balaban J connectivity index is 4.14. The Morgan fingerprint density at radius 2 is 2.00 bits per heavy atom. The maximum absolute atomic E-state index is 4.18. The summed E-state index contributed by atoms with van der Waals surface area (Å²) in [5.41, 5.74) is 1.05. The van der Waals surface area contributed by atoms with Gasteiger partial charge in [-0.1, -0.05) is 6.08 Å². The Labute approximate surface area is 73.3 Å². The van der Waals surface area contributed by atoms with Crippen molar-refractivity contribution < 1.29 is 0 Å². The second kappa shape index (κ2) is 6.23. The molecule has 11 heavy (non-hydrogen) atoms. The molecule has 2 heteroatoms. The highest BCUT2D eigenvalue weighted by Gasteiger charge is 1.85. The van der Waals surface area contributed by atoms with Crippen LogP contribution in [-0.4, -0.2) is 12.0 Å². The number of hydrogen-bond donors (Lipinski definition) is 0. The normalized spacial score (nSPS) is 14.5. The molecule has 0 radical (unpaired) electrons. The SMILES string of the molecule is C\C=C/N=C(C)\C=C(\C)SC. The van der Waals surface area contributed by atoms with Crippen molar-refractivity contribution in [2.45, 2.75) is 20.8 Å². The van der Waals surface area contributed by atoms with Crippen LogP contribution in [0.4, 0.5) is 0 Å². The fourth-order valence-corrected chi connectivity index (χ4v) is 0.871. The number of nitrogens with zero attached hydrogens (tertiary/aromatic N) is 1. The van der Waals surface area contributed by atoms with E-state index in [-0.39, 0.29) is 0 Å². The van der Waals surface area contributed by atoms with E-state index in [1.165, 1.54) is 4.91 Å². The third-order valence-electron chi connectivity index (χ3n) is 1.16. The lowest BCUT2D eigenvalue weighted by atomic mass is 10.4. The van der Waals surface area contributed by atoms with E-state index in [0.29, 0.717) is 0 Å². The molecule has 0 aliphatic rings. The van der Waals surface area contributed by atoms with E-state index in [2.05, 4.69) is 24.2 Å². The third kappa shape index (κ3) is 5.92. The summed E-state index contributed by atoms with van der Waals surface area (Å²) >= 11 is 1.74. The van der Waals surface area contributed by atoms with Crippen LogP contribution < -0.4 is 0 Å². The number of aliphatic imine (C=N–C) groups is 1. The van der Waals surface area contributed by atoms with Crippen LogP contribution in [0.3, 0.4) is 0 Å². The molecule has 0 bridgehead atoms. The van der Waals surface area contributed by atoms with Crippen molar-refractivity contribution in [2.75, 3.05) is 6.26 Å². The second-order valence-electron chi connectivity index (χ2n) is 2.21. The largest absolute Gasteiger partial charge is 0.262 e. The van der Waals surface area contributed by atoms with Crippen LogP contribution in [0.5, 0.6) is 0 Å². The zero-order chi connectivity index (χ0) is 8.69. The van der Waals surface area contributed by atoms with Gasteiger partial charge in [0.05, 0.1) is 0 Å². The minimum Gasteiger partial charge on any atom is -0.262 e. The molecule has 0 spiro atoms. The van der Waals surface area contributed by atoms with Crippen LogP contribution in [0.15, 0.2) is 28.2 Å². The molecular formula is C9H15NS. The Kier molecular flexibility index (Phi) is 5.94. The molecule has 0 aliphatic heterocycles. The molecule has 0 aromatic carbocycles. The van der Waals surface area contributed by atoms with E-state index < -0.39 is 0 Å². The van der Waals surface area contributed by atoms with Gasteiger partial charge in [-0.25, -0.2) is 0 Å². The molecule has 0 heterocycles. The average Bonchev–Trinajstić information content (AvgIpc) is 2.00. The summed E-state index contributed by atoms with van der Waals surface area (Å²) < 4.78 is 0.